The van der Waals surface area contributed by atoms with E-state index < -0.39 is 0 Å². The maximum atomic E-state index is 12.0. The number of benzene rings is 1. The first kappa shape index (κ1) is 16.2. The summed E-state index contributed by atoms with van der Waals surface area (Å²) in [5, 5.41) is 11.1. The van der Waals surface area contributed by atoms with Gasteiger partial charge < -0.3 is 9.88 Å². The molecule has 5 nitrogen and oxygen atoms in total. The van der Waals surface area contributed by atoms with Crippen LogP contribution in [0.3, 0.4) is 0 Å². The molecule has 0 saturated carbocycles. The molecule has 3 rings (SSSR count). The summed E-state index contributed by atoms with van der Waals surface area (Å²) in [7, 11) is 0. The molecule has 1 amide bonds. The molecule has 2 heterocycles. The number of aromatic nitrogens is 1. The summed E-state index contributed by atoms with van der Waals surface area (Å²) < 4.78 is 2.29. The number of aryl methyl sites for hydroxylation is 1. The van der Waals surface area contributed by atoms with Crippen molar-refractivity contribution in [2.24, 2.45) is 16.1 Å². The van der Waals surface area contributed by atoms with Gasteiger partial charge in [0.1, 0.15) is 0 Å². The Morgan fingerprint density at radius 2 is 2.00 bits per heavy atom. The molecular weight excluding hydrogens is 300 g/mol. The smallest absolute Gasteiger partial charge is 0.276 e. The zero-order chi connectivity index (χ0) is 17.3. The van der Waals surface area contributed by atoms with E-state index in [9.17, 15) is 4.79 Å². The van der Waals surface area contributed by atoms with Crippen molar-refractivity contribution in [1.82, 2.24) is 4.57 Å². The highest BCUT2D eigenvalue weighted by atomic mass is 16.2. The number of amides is 1. The van der Waals surface area contributed by atoms with E-state index >= 15 is 0 Å². The lowest BCUT2D eigenvalue weighted by Gasteiger charge is -2.11. The van der Waals surface area contributed by atoms with Crippen molar-refractivity contribution in [3.05, 3.63) is 52.8 Å². The largest absolute Gasteiger partial charge is 0.348 e. The summed E-state index contributed by atoms with van der Waals surface area (Å²) in [5.41, 5.74) is 5.35. The quantitative estimate of drug-likeness (QED) is 0.679. The minimum Gasteiger partial charge on any atom is -0.348 e. The van der Waals surface area contributed by atoms with Gasteiger partial charge in [0.2, 0.25) is 0 Å². The topological polar surface area (TPSA) is 58.8 Å². The fraction of sp³-hybridized carbons (Fsp3) is 0.316. The number of nitrogens with one attached hydrogen (secondary N) is 1. The first-order valence-electron chi connectivity index (χ1n) is 8.16. The summed E-state index contributed by atoms with van der Waals surface area (Å²) in [4.78, 5) is 12.0. The predicted molar refractivity (Wildman–Crippen MR) is 97.9 cm³/mol. The van der Waals surface area contributed by atoms with Gasteiger partial charge in [-0.05, 0) is 31.9 Å². The second kappa shape index (κ2) is 6.43. The third kappa shape index (κ3) is 3.02. The molecule has 0 atom stereocenters. The summed E-state index contributed by atoms with van der Waals surface area (Å²) in [6.07, 6.45) is 1.72. The molecule has 1 N–H and O–H groups in total. The van der Waals surface area contributed by atoms with Crippen LogP contribution in [0.4, 0.5) is 5.69 Å². The van der Waals surface area contributed by atoms with Crippen LogP contribution in [-0.2, 0) is 11.3 Å². The van der Waals surface area contributed by atoms with Gasteiger partial charge in [0.15, 0.2) is 5.71 Å². The molecule has 1 aromatic heterocycles. The number of para-hydroxylation sites is 1. The Morgan fingerprint density at radius 3 is 2.75 bits per heavy atom. The number of nitrogens with zero attached hydrogens (tertiary/aromatic N) is 3. The Morgan fingerprint density at radius 1 is 1.25 bits per heavy atom. The van der Waals surface area contributed by atoms with Crippen LogP contribution < -0.4 is 5.32 Å². The number of carbonyl (C=O) groups excluding carboxylic acids is 1. The number of hydrogen-bond acceptors (Lipinski definition) is 3. The maximum absolute atomic E-state index is 12.0. The van der Waals surface area contributed by atoms with Crippen molar-refractivity contribution in [3.8, 4) is 0 Å². The lowest BCUT2D eigenvalue weighted by molar-refractivity contribution is -0.110. The van der Waals surface area contributed by atoms with Crippen LogP contribution in [0.15, 0.2) is 40.5 Å². The highest BCUT2D eigenvalue weighted by Gasteiger charge is 2.25. The van der Waals surface area contributed by atoms with E-state index in [4.69, 9.17) is 0 Å². The van der Waals surface area contributed by atoms with Gasteiger partial charge >= 0.3 is 0 Å². The Hall–Kier alpha value is -2.69. The van der Waals surface area contributed by atoms with Gasteiger partial charge in [0.05, 0.1) is 11.9 Å². The normalized spacial score (nSPS) is 15.5. The number of fused-ring (bicyclic) bond motifs is 1. The number of carbonyl (C=O) groups is 1. The first-order valence-corrected chi connectivity index (χ1v) is 8.16. The Labute approximate surface area is 142 Å². The van der Waals surface area contributed by atoms with Crippen molar-refractivity contribution < 1.29 is 4.79 Å². The molecule has 5 heteroatoms. The van der Waals surface area contributed by atoms with Gasteiger partial charge in [-0.25, -0.2) is 0 Å². The van der Waals surface area contributed by atoms with Crippen LogP contribution in [0.1, 0.15) is 36.4 Å². The predicted octanol–water partition coefficient (Wildman–Crippen LogP) is 3.54. The molecule has 0 spiro atoms. The van der Waals surface area contributed by atoms with Crippen LogP contribution in [0.5, 0.6) is 0 Å². The van der Waals surface area contributed by atoms with E-state index in [1.807, 2.05) is 24.3 Å². The van der Waals surface area contributed by atoms with E-state index in [2.05, 4.69) is 53.8 Å². The van der Waals surface area contributed by atoms with Gasteiger partial charge in [-0.15, -0.1) is 5.10 Å². The number of rotatable bonds is 4. The molecule has 124 valence electrons. The lowest BCUT2D eigenvalue weighted by atomic mass is 10.1. The van der Waals surface area contributed by atoms with Gasteiger partial charge in [-0.1, -0.05) is 32.0 Å². The summed E-state index contributed by atoms with van der Waals surface area (Å²) in [6, 6.07) is 9.60. The molecular formula is C19H22N4O. The fourth-order valence-electron chi connectivity index (χ4n) is 2.96. The molecule has 0 bridgehead atoms. The summed E-state index contributed by atoms with van der Waals surface area (Å²) in [6.45, 7) is 9.57. The second-order valence-electron chi connectivity index (χ2n) is 6.52. The van der Waals surface area contributed by atoms with Crippen LogP contribution in [-0.4, -0.2) is 22.4 Å². The molecule has 0 fully saturated rings. The van der Waals surface area contributed by atoms with E-state index in [1.165, 1.54) is 11.4 Å². The molecule has 0 saturated heterocycles. The van der Waals surface area contributed by atoms with Crippen molar-refractivity contribution in [2.75, 3.05) is 5.32 Å². The highest BCUT2D eigenvalue weighted by molar-refractivity contribution is 6.53. The summed E-state index contributed by atoms with van der Waals surface area (Å²) in [5.74, 6) is 0.372. The van der Waals surface area contributed by atoms with Gasteiger partial charge in [-0.3, -0.25) is 4.79 Å². The molecule has 0 unspecified atom stereocenters. The van der Waals surface area contributed by atoms with Crippen molar-refractivity contribution >= 4 is 23.5 Å². The monoisotopic (exact) mass is 322 g/mol. The van der Waals surface area contributed by atoms with Gasteiger partial charge in [0, 0.05) is 29.1 Å². The highest BCUT2D eigenvalue weighted by Crippen LogP contribution is 2.22. The minimum absolute atomic E-state index is 0.210. The zero-order valence-corrected chi connectivity index (χ0v) is 14.5. The zero-order valence-electron chi connectivity index (χ0n) is 14.5. The average Bonchev–Trinajstić information content (AvgIpc) is 2.99. The lowest BCUT2D eigenvalue weighted by Crippen LogP contribution is -2.13. The maximum Gasteiger partial charge on any atom is 0.276 e. The molecule has 0 aliphatic carbocycles. The fourth-order valence-corrected chi connectivity index (χ4v) is 2.96. The molecule has 0 radical (unpaired) electrons. The van der Waals surface area contributed by atoms with Gasteiger partial charge in [0.25, 0.3) is 5.91 Å². The molecule has 1 aliphatic heterocycles. The van der Waals surface area contributed by atoms with E-state index in [-0.39, 0.29) is 5.91 Å². The average molecular weight is 322 g/mol. The number of anilines is 1. The Bertz CT molecular complexity index is 843. The van der Waals surface area contributed by atoms with Crippen molar-refractivity contribution in [1.29, 1.82) is 0 Å². The van der Waals surface area contributed by atoms with Crippen LogP contribution >= 0.6 is 0 Å². The Kier molecular flexibility index (Phi) is 4.34. The van der Waals surface area contributed by atoms with Crippen LogP contribution in [0.2, 0.25) is 0 Å². The summed E-state index contributed by atoms with van der Waals surface area (Å²) >= 11 is 0. The third-order valence-corrected chi connectivity index (χ3v) is 4.16. The van der Waals surface area contributed by atoms with E-state index in [1.54, 1.807) is 6.21 Å². The van der Waals surface area contributed by atoms with Crippen molar-refractivity contribution in [3.63, 3.8) is 0 Å². The standard InChI is InChI=1S/C19H22N4O/c1-12(2)11-23-13(3)9-15(14(23)4)10-20-22-18-16-7-5-6-8-17(16)21-19(18)24/h5-10,12H,11H2,1-4H3,(H,21,22,24). The number of hydrogen-bond donors (Lipinski definition) is 1. The minimum atomic E-state index is -0.210. The molecule has 1 aliphatic rings. The Balaban J connectivity index is 1.86. The SMILES string of the molecule is Cc1cc(C=NN=C2C(=O)Nc3ccccc32)c(C)n1CC(C)C. The van der Waals surface area contributed by atoms with Crippen molar-refractivity contribution in [2.45, 2.75) is 34.2 Å². The molecule has 1 aromatic carbocycles. The second-order valence-corrected chi connectivity index (χ2v) is 6.52. The first-order chi connectivity index (χ1) is 11.5. The van der Waals surface area contributed by atoms with Gasteiger partial charge in [-0.2, -0.15) is 5.10 Å². The molecule has 24 heavy (non-hydrogen) atoms. The van der Waals surface area contributed by atoms with E-state index in [0.29, 0.717) is 11.6 Å². The van der Waals surface area contributed by atoms with E-state index in [0.717, 1.165) is 23.4 Å². The molecule has 2 aromatic rings. The van der Waals surface area contributed by atoms with Crippen LogP contribution in [0, 0.1) is 19.8 Å². The van der Waals surface area contributed by atoms with Crippen LogP contribution in [0.25, 0.3) is 0 Å². The third-order valence-electron chi connectivity index (χ3n) is 4.16.